The van der Waals surface area contributed by atoms with Crippen LogP contribution in [0.25, 0.3) is 0 Å². The summed E-state index contributed by atoms with van der Waals surface area (Å²) in [5.74, 6) is 0. The Balaban J connectivity index is 2.01. The number of thioether (sulfide) groups is 1. The van der Waals surface area contributed by atoms with E-state index < -0.39 is 0 Å². The monoisotopic (exact) mass is 282 g/mol. The molecule has 0 aromatic heterocycles. The topological polar surface area (TPSA) is 3.24 Å². The Bertz CT molecular complexity index is 357. The van der Waals surface area contributed by atoms with Crippen molar-refractivity contribution in [3.05, 3.63) is 29.8 Å². The molecule has 1 aromatic rings. The molecule has 1 fully saturated rings. The van der Waals surface area contributed by atoms with Crippen LogP contribution in [0.5, 0.6) is 0 Å². The summed E-state index contributed by atoms with van der Waals surface area (Å²) in [6.45, 7) is 4.98. The highest BCUT2D eigenvalue weighted by Crippen LogP contribution is 2.28. The Morgan fingerprint density at radius 1 is 1.11 bits per heavy atom. The normalized spacial score (nSPS) is 20.6. The third-order valence-corrected chi connectivity index (χ3v) is 7.04. The van der Waals surface area contributed by atoms with E-state index in [4.69, 9.17) is 0 Å². The minimum absolute atomic E-state index is 0.366. The zero-order valence-electron chi connectivity index (χ0n) is 11.7. The van der Waals surface area contributed by atoms with Crippen LogP contribution in [0.4, 0.5) is 0 Å². The molecule has 0 radical (unpaired) electrons. The second-order valence-corrected chi connectivity index (χ2v) is 8.08. The lowest BCUT2D eigenvalue weighted by Gasteiger charge is -2.26. The van der Waals surface area contributed by atoms with Gasteiger partial charge in [-0.3, -0.25) is 0 Å². The molecule has 0 bridgehead atoms. The molecule has 0 spiro atoms. The van der Waals surface area contributed by atoms with Gasteiger partial charge in [0, 0.05) is 23.5 Å². The van der Waals surface area contributed by atoms with Gasteiger partial charge in [-0.25, -0.2) is 0 Å². The van der Waals surface area contributed by atoms with Gasteiger partial charge >= 0.3 is 0 Å². The first-order valence-electron chi connectivity index (χ1n) is 6.76. The van der Waals surface area contributed by atoms with E-state index in [0.717, 1.165) is 0 Å². The molecular weight excluding hydrogens is 258 g/mol. The summed E-state index contributed by atoms with van der Waals surface area (Å²) in [6.07, 6.45) is 8.74. The maximum absolute atomic E-state index is 2.69. The van der Waals surface area contributed by atoms with E-state index in [0.29, 0.717) is 16.3 Å². The van der Waals surface area contributed by atoms with Crippen molar-refractivity contribution in [1.29, 1.82) is 0 Å². The van der Waals surface area contributed by atoms with E-state index >= 15 is 0 Å². The molecule has 1 aliphatic rings. The lowest BCUT2D eigenvalue weighted by atomic mass is 10.2. The van der Waals surface area contributed by atoms with Crippen molar-refractivity contribution in [3.63, 3.8) is 0 Å². The van der Waals surface area contributed by atoms with Gasteiger partial charge in [-0.15, -0.1) is 16.1 Å². The molecule has 1 aromatic carbocycles. The average Bonchev–Trinajstić information content (AvgIpc) is 2.47. The summed E-state index contributed by atoms with van der Waals surface area (Å²) in [4.78, 5) is 1.36. The molecule has 2 rings (SSSR count). The van der Waals surface area contributed by atoms with Crippen LogP contribution in [0.3, 0.4) is 0 Å². The van der Waals surface area contributed by atoms with Crippen LogP contribution < -0.4 is 0 Å². The van der Waals surface area contributed by atoms with Crippen LogP contribution in [0.15, 0.2) is 29.2 Å². The van der Waals surface area contributed by atoms with Gasteiger partial charge in [-0.05, 0) is 38.2 Å². The van der Waals surface area contributed by atoms with Gasteiger partial charge < -0.3 is 0 Å². The van der Waals surface area contributed by atoms with E-state index in [-0.39, 0.29) is 0 Å². The number of rotatable bonds is 4. The molecule has 0 aliphatic carbocycles. The molecule has 3 heteroatoms. The minimum Gasteiger partial charge on any atom is -0.130 e. The van der Waals surface area contributed by atoms with Crippen LogP contribution in [0.1, 0.15) is 37.0 Å². The summed E-state index contributed by atoms with van der Waals surface area (Å²) in [5.41, 5.74) is 1.49. The zero-order valence-corrected chi connectivity index (χ0v) is 13.3. The van der Waals surface area contributed by atoms with Gasteiger partial charge in [0.05, 0.1) is 11.1 Å². The molecule has 0 amide bonds. The molecule has 0 saturated carbocycles. The Kier molecular flexibility index (Phi) is 5.46. The molecular formula is C15H24NS2+. The third-order valence-electron chi connectivity index (χ3n) is 3.82. The van der Waals surface area contributed by atoms with Crippen molar-refractivity contribution in [2.75, 3.05) is 25.6 Å². The lowest BCUT2D eigenvalue weighted by molar-refractivity contribution is 0.373. The van der Waals surface area contributed by atoms with E-state index in [9.17, 15) is 0 Å². The summed E-state index contributed by atoms with van der Waals surface area (Å²) < 4.78 is 2.69. The van der Waals surface area contributed by atoms with E-state index in [2.05, 4.69) is 48.0 Å². The molecule has 2 unspecified atom stereocenters. The largest absolute Gasteiger partial charge is 0.159 e. The van der Waals surface area contributed by atoms with Gasteiger partial charge in [-0.1, -0.05) is 18.6 Å². The zero-order chi connectivity index (χ0) is 13.0. The van der Waals surface area contributed by atoms with Crippen LogP contribution >= 0.6 is 11.8 Å². The lowest BCUT2D eigenvalue weighted by Crippen LogP contribution is -2.37. The number of hydrogen-bond acceptors (Lipinski definition) is 2. The predicted octanol–water partition coefficient (Wildman–Crippen LogP) is 4.12. The van der Waals surface area contributed by atoms with E-state index in [1.54, 1.807) is 0 Å². The Labute approximate surface area is 119 Å². The highest BCUT2D eigenvalue weighted by molar-refractivity contribution is 7.98. The first kappa shape index (κ1) is 14.3. The second-order valence-electron chi connectivity index (χ2n) is 4.93. The molecule has 2 atom stereocenters. The summed E-state index contributed by atoms with van der Waals surface area (Å²) in [7, 11) is 0. The van der Waals surface area contributed by atoms with Gasteiger partial charge in [0.2, 0.25) is 0 Å². The quantitative estimate of drug-likeness (QED) is 0.604. The maximum Gasteiger partial charge on any atom is 0.159 e. The van der Waals surface area contributed by atoms with E-state index in [1.807, 2.05) is 11.8 Å². The molecule has 0 N–H and O–H groups in total. The van der Waals surface area contributed by atoms with E-state index in [1.165, 1.54) is 42.8 Å². The van der Waals surface area contributed by atoms with Crippen molar-refractivity contribution in [3.8, 4) is 0 Å². The smallest absolute Gasteiger partial charge is 0.130 e. The van der Waals surface area contributed by atoms with Crippen molar-refractivity contribution in [2.24, 2.45) is 0 Å². The minimum atomic E-state index is 0.366. The Morgan fingerprint density at radius 3 is 2.28 bits per heavy atom. The third kappa shape index (κ3) is 3.46. The van der Waals surface area contributed by atoms with Crippen LogP contribution in [-0.4, -0.2) is 29.9 Å². The van der Waals surface area contributed by atoms with Gasteiger partial charge in [0.1, 0.15) is 6.26 Å². The fourth-order valence-electron chi connectivity index (χ4n) is 2.45. The summed E-state index contributed by atoms with van der Waals surface area (Å²) in [6, 6.07) is 9.13. The van der Waals surface area contributed by atoms with Crippen LogP contribution in [-0.2, 0) is 11.1 Å². The fraction of sp³-hybridized carbons (Fsp3) is 0.600. The molecule has 1 saturated heterocycles. The van der Waals surface area contributed by atoms with Crippen LogP contribution in [0, 0.1) is 0 Å². The molecule has 1 aliphatic heterocycles. The number of benzene rings is 1. The summed E-state index contributed by atoms with van der Waals surface area (Å²) >= 11 is 2.18. The number of nitrogens with zero attached hydrogens (tertiary/aromatic N) is 1. The second kappa shape index (κ2) is 6.88. The van der Waals surface area contributed by atoms with Crippen molar-refractivity contribution in [1.82, 2.24) is 4.31 Å². The SMILES string of the molecule is CSc1ccc(C(C)[S+](C)N2CCCCC2)cc1. The summed E-state index contributed by atoms with van der Waals surface area (Å²) in [5, 5.41) is 0.652. The van der Waals surface area contributed by atoms with Gasteiger partial charge in [0.25, 0.3) is 0 Å². The first-order chi connectivity index (χ1) is 8.72. The molecule has 1 heterocycles. The maximum atomic E-state index is 2.69. The number of hydrogen-bond donors (Lipinski definition) is 0. The van der Waals surface area contributed by atoms with Crippen molar-refractivity contribution >= 4 is 22.8 Å². The first-order valence-corrected chi connectivity index (χ1v) is 9.64. The average molecular weight is 282 g/mol. The Hall–Kier alpha value is -0.120. The van der Waals surface area contributed by atoms with Crippen LogP contribution in [0.2, 0.25) is 0 Å². The molecule has 1 nitrogen and oxygen atoms in total. The molecule has 18 heavy (non-hydrogen) atoms. The van der Waals surface area contributed by atoms with Crippen molar-refractivity contribution in [2.45, 2.75) is 36.3 Å². The highest BCUT2D eigenvalue weighted by atomic mass is 32.2. The fourth-order valence-corrected chi connectivity index (χ4v) is 4.69. The number of piperidine rings is 1. The molecule has 100 valence electrons. The van der Waals surface area contributed by atoms with Gasteiger partial charge in [0.15, 0.2) is 5.25 Å². The van der Waals surface area contributed by atoms with Gasteiger partial charge in [-0.2, -0.15) is 0 Å². The standard InChI is InChI=1S/C15H24NS2/c1-13(14-7-9-15(17-2)10-8-14)18(3)16-11-5-4-6-12-16/h7-10,13H,4-6,11-12H2,1-3H3/q+1. The highest BCUT2D eigenvalue weighted by Gasteiger charge is 2.31. The predicted molar refractivity (Wildman–Crippen MR) is 85.4 cm³/mol. The Morgan fingerprint density at radius 2 is 1.72 bits per heavy atom. The van der Waals surface area contributed by atoms with Crippen molar-refractivity contribution < 1.29 is 0 Å².